The highest BCUT2D eigenvalue weighted by atomic mass is 32.1. The number of likely N-dealkylation sites (N-methyl/N-ethyl adjacent to an activating group) is 1. The monoisotopic (exact) mass is 432 g/mol. The van der Waals surface area contributed by atoms with Gasteiger partial charge >= 0.3 is 0 Å². The fourth-order valence-corrected chi connectivity index (χ4v) is 5.36. The van der Waals surface area contributed by atoms with E-state index in [0.717, 1.165) is 35.3 Å². The number of carbonyl (C=O) groups excluding carboxylic acids is 1. The van der Waals surface area contributed by atoms with Crippen LogP contribution in [0.2, 0.25) is 0 Å². The smallest absolute Gasteiger partial charge is 0.290 e. The third-order valence-corrected chi connectivity index (χ3v) is 7.15. The van der Waals surface area contributed by atoms with Crippen molar-refractivity contribution in [1.29, 1.82) is 0 Å². The van der Waals surface area contributed by atoms with Gasteiger partial charge in [-0.2, -0.15) is 0 Å². The van der Waals surface area contributed by atoms with Crippen LogP contribution >= 0.6 is 11.3 Å². The highest BCUT2D eigenvalue weighted by Crippen LogP contribution is 2.40. The zero-order chi connectivity index (χ0) is 21.5. The summed E-state index contributed by atoms with van der Waals surface area (Å²) in [6, 6.07) is 15.1. The minimum atomic E-state index is -0.398. The van der Waals surface area contributed by atoms with Crippen molar-refractivity contribution in [2.45, 2.75) is 19.9 Å². The molecule has 1 aliphatic rings. The fraction of sp³-hybridized carbons (Fsp3) is 0.280. The van der Waals surface area contributed by atoms with Gasteiger partial charge in [0.1, 0.15) is 5.58 Å². The average molecular weight is 433 g/mol. The van der Waals surface area contributed by atoms with Crippen molar-refractivity contribution >= 4 is 39.0 Å². The van der Waals surface area contributed by atoms with Gasteiger partial charge in [-0.15, -0.1) is 11.3 Å². The first kappa shape index (κ1) is 20.0. The fourth-order valence-electron chi connectivity index (χ4n) is 4.51. The molecule has 0 aliphatic carbocycles. The van der Waals surface area contributed by atoms with Gasteiger partial charge in [0.2, 0.25) is 5.76 Å². The Bertz CT molecular complexity index is 1320. The van der Waals surface area contributed by atoms with Crippen molar-refractivity contribution in [3.8, 4) is 0 Å². The Morgan fingerprint density at radius 3 is 2.55 bits per heavy atom. The first-order chi connectivity index (χ1) is 15.1. The first-order valence-corrected chi connectivity index (χ1v) is 11.6. The lowest BCUT2D eigenvalue weighted by atomic mass is 10.0. The van der Waals surface area contributed by atoms with Crippen molar-refractivity contribution in [2.75, 3.05) is 26.2 Å². The second-order valence-corrected chi connectivity index (χ2v) is 8.76. The molecule has 1 unspecified atom stereocenters. The van der Waals surface area contributed by atoms with Crippen molar-refractivity contribution in [3.63, 3.8) is 0 Å². The Balaban J connectivity index is 1.70. The summed E-state index contributed by atoms with van der Waals surface area (Å²) in [6.45, 7) is 7.37. The molecule has 1 aliphatic heterocycles. The third-order valence-electron chi connectivity index (χ3n) is 6.22. The van der Waals surface area contributed by atoms with E-state index in [-0.39, 0.29) is 17.1 Å². The molecular formula is C25H24N2O3S. The number of thiophene rings is 1. The lowest BCUT2D eigenvalue weighted by Gasteiger charge is -2.27. The van der Waals surface area contributed by atoms with Gasteiger partial charge in [0, 0.05) is 23.4 Å². The molecule has 5 nitrogen and oxygen atoms in total. The van der Waals surface area contributed by atoms with Crippen LogP contribution < -0.4 is 5.43 Å². The van der Waals surface area contributed by atoms with E-state index in [4.69, 9.17) is 4.42 Å². The molecule has 31 heavy (non-hydrogen) atoms. The van der Waals surface area contributed by atoms with E-state index in [2.05, 4.69) is 18.7 Å². The van der Waals surface area contributed by atoms with Crippen LogP contribution in [0.25, 0.3) is 21.7 Å². The van der Waals surface area contributed by atoms with Gasteiger partial charge in [0.05, 0.1) is 17.0 Å². The molecule has 2 aromatic carbocycles. The highest BCUT2D eigenvalue weighted by molar-refractivity contribution is 7.10. The Morgan fingerprint density at radius 2 is 1.81 bits per heavy atom. The summed E-state index contributed by atoms with van der Waals surface area (Å²) >= 11 is 1.56. The summed E-state index contributed by atoms with van der Waals surface area (Å²) < 4.78 is 6.23. The number of nitrogens with zero attached hydrogens (tertiary/aromatic N) is 2. The maximum absolute atomic E-state index is 13.7. The molecule has 1 atom stereocenters. The van der Waals surface area contributed by atoms with E-state index < -0.39 is 6.04 Å². The number of hydrogen-bond acceptors (Lipinski definition) is 5. The van der Waals surface area contributed by atoms with Crippen molar-refractivity contribution in [3.05, 3.63) is 80.3 Å². The summed E-state index contributed by atoms with van der Waals surface area (Å²) in [4.78, 5) is 32.2. The molecule has 0 saturated heterocycles. The third kappa shape index (κ3) is 3.18. The molecule has 4 aromatic rings. The predicted molar refractivity (Wildman–Crippen MR) is 125 cm³/mol. The number of hydrogen-bond donors (Lipinski definition) is 0. The van der Waals surface area contributed by atoms with Crippen LogP contribution in [-0.4, -0.2) is 41.9 Å². The summed E-state index contributed by atoms with van der Waals surface area (Å²) in [5.41, 5.74) is 0.847. The van der Waals surface area contributed by atoms with Crippen molar-refractivity contribution in [2.24, 2.45) is 0 Å². The Kier molecular flexibility index (Phi) is 5.12. The van der Waals surface area contributed by atoms with Crippen LogP contribution in [0.1, 0.15) is 40.9 Å². The lowest BCUT2D eigenvalue weighted by molar-refractivity contribution is 0.0710. The molecule has 0 spiro atoms. The lowest BCUT2D eigenvalue weighted by Crippen LogP contribution is -2.37. The van der Waals surface area contributed by atoms with E-state index in [9.17, 15) is 9.59 Å². The van der Waals surface area contributed by atoms with E-state index in [1.165, 1.54) is 0 Å². The maximum Gasteiger partial charge on any atom is 0.290 e. The summed E-state index contributed by atoms with van der Waals surface area (Å²) in [5, 5.41) is 4.34. The van der Waals surface area contributed by atoms with Gasteiger partial charge in [0.25, 0.3) is 5.91 Å². The van der Waals surface area contributed by atoms with Crippen LogP contribution in [-0.2, 0) is 0 Å². The largest absolute Gasteiger partial charge is 0.450 e. The molecule has 5 rings (SSSR count). The summed E-state index contributed by atoms with van der Waals surface area (Å²) in [6.07, 6.45) is 0. The van der Waals surface area contributed by atoms with E-state index in [1.807, 2.05) is 53.9 Å². The second-order valence-electron chi connectivity index (χ2n) is 7.78. The standard InChI is InChI=1S/C25H24N2O3S/c1-3-26(4-2)13-14-27-21(19-10-7-15-31-19)20-22(28)18-12-11-16-8-5-6-9-17(16)23(18)30-24(20)25(27)29/h5-12,15,21H,3-4,13-14H2,1-2H3. The van der Waals surface area contributed by atoms with E-state index >= 15 is 0 Å². The van der Waals surface area contributed by atoms with Gasteiger partial charge in [-0.25, -0.2) is 0 Å². The molecule has 2 aromatic heterocycles. The molecular weight excluding hydrogens is 408 g/mol. The minimum absolute atomic E-state index is 0.112. The van der Waals surface area contributed by atoms with E-state index in [0.29, 0.717) is 23.1 Å². The van der Waals surface area contributed by atoms with Gasteiger partial charge in [0.15, 0.2) is 5.43 Å². The zero-order valence-electron chi connectivity index (χ0n) is 17.6. The van der Waals surface area contributed by atoms with Crippen LogP contribution in [0.4, 0.5) is 0 Å². The number of benzene rings is 2. The summed E-state index contributed by atoms with van der Waals surface area (Å²) in [5.74, 6) is -0.0145. The quantitative estimate of drug-likeness (QED) is 0.407. The predicted octanol–water partition coefficient (Wildman–Crippen LogP) is 4.89. The highest BCUT2D eigenvalue weighted by Gasteiger charge is 2.43. The minimum Gasteiger partial charge on any atom is -0.450 e. The van der Waals surface area contributed by atoms with Gasteiger partial charge in [-0.05, 0) is 36.0 Å². The van der Waals surface area contributed by atoms with Gasteiger partial charge < -0.3 is 14.2 Å². The molecule has 158 valence electrons. The second kappa shape index (κ2) is 7.94. The SMILES string of the molecule is CCN(CC)CCN1C(=O)c2oc3c(ccc4ccccc43)c(=O)c2C1c1cccs1. The van der Waals surface area contributed by atoms with Crippen molar-refractivity contribution in [1.82, 2.24) is 9.80 Å². The zero-order valence-corrected chi connectivity index (χ0v) is 18.4. The molecule has 3 heterocycles. The Morgan fingerprint density at radius 1 is 1.00 bits per heavy atom. The molecule has 0 bridgehead atoms. The number of carbonyl (C=O) groups is 1. The Labute approximate surface area is 184 Å². The van der Waals surface area contributed by atoms with Gasteiger partial charge in [-0.3, -0.25) is 9.59 Å². The molecule has 0 saturated carbocycles. The topological polar surface area (TPSA) is 53.8 Å². The van der Waals surface area contributed by atoms with Crippen LogP contribution in [0.5, 0.6) is 0 Å². The molecule has 6 heteroatoms. The molecule has 0 N–H and O–H groups in total. The summed E-state index contributed by atoms with van der Waals surface area (Å²) in [7, 11) is 0. The molecule has 0 fully saturated rings. The van der Waals surface area contributed by atoms with Crippen molar-refractivity contribution < 1.29 is 9.21 Å². The number of fused-ring (bicyclic) bond motifs is 4. The average Bonchev–Trinajstić information content (AvgIpc) is 3.42. The van der Waals surface area contributed by atoms with E-state index in [1.54, 1.807) is 16.2 Å². The van der Waals surface area contributed by atoms with Crippen LogP contribution in [0.15, 0.2) is 63.1 Å². The number of amides is 1. The molecule has 0 radical (unpaired) electrons. The first-order valence-electron chi connectivity index (χ1n) is 10.7. The van der Waals surface area contributed by atoms with Crippen LogP contribution in [0, 0.1) is 0 Å². The Hall–Kier alpha value is -2.96. The molecule has 1 amide bonds. The normalized spacial score (nSPS) is 16.0. The number of rotatable bonds is 6. The maximum atomic E-state index is 13.7. The van der Waals surface area contributed by atoms with Crippen LogP contribution in [0.3, 0.4) is 0 Å². The van der Waals surface area contributed by atoms with Gasteiger partial charge in [-0.1, -0.05) is 50.2 Å².